The van der Waals surface area contributed by atoms with E-state index in [1.807, 2.05) is 0 Å². The van der Waals surface area contributed by atoms with E-state index in [4.69, 9.17) is 9.15 Å². The number of carbonyl (C=O) groups is 3. The minimum Gasteiger partial charge on any atom is -0.459 e. The molecule has 1 unspecified atom stereocenters. The van der Waals surface area contributed by atoms with E-state index in [1.54, 1.807) is 31.7 Å². The molecular formula is C17H25N3O5. The van der Waals surface area contributed by atoms with Crippen molar-refractivity contribution in [1.82, 2.24) is 15.8 Å². The molecule has 2 heterocycles. The molecule has 8 heteroatoms. The maximum atomic E-state index is 12.3. The van der Waals surface area contributed by atoms with Crippen LogP contribution >= 0.6 is 0 Å². The predicted molar refractivity (Wildman–Crippen MR) is 89.5 cm³/mol. The van der Waals surface area contributed by atoms with Crippen LogP contribution in [0.4, 0.5) is 4.79 Å². The molecule has 0 radical (unpaired) electrons. The third kappa shape index (κ3) is 5.81. The van der Waals surface area contributed by atoms with E-state index in [0.717, 1.165) is 19.3 Å². The summed E-state index contributed by atoms with van der Waals surface area (Å²) in [6, 6.07) is 2.83. The van der Waals surface area contributed by atoms with Gasteiger partial charge in [0, 0.05) is 19.0 Å². The van der Waals surface area contributed by atoms with Crippen LogP contribution in [0.15, 0.2) is 22.8 Å². The monoisotopic (exact) mass is 351 g/mol. The van der Waals surface area contributed by atoms with Gasteiger partial charge in [-0.05, 0) is 52.2 Å². The second kappa shape index (κ2) is 8.04. The van der Waals surface area contributed by atoms with Crippen molar-refractivity contribution < 1.29 is 23.5 Å². The van der Waals surface area contributed by atoms with Crippen LogP contribution in [0, 0.1) is 0 Å². The zero-order chi connectivity index (χ0) is 18.4. The van der Waals surface area contributed by atoms with Crippen molar-refractivity contribution in [2.24, 2.45) is 0 Å². The van der Waals surface area contributed by atoms with Gasteiger partial charge in [-0.15, -0.1) is 0 Å². The SMILES string of the molecule is CC(C)(C)OC(=O)N1CCCCC1CC(=O)NNC(=O)c1ccco1. The van der Waals surface area contributed by atoms with Crippen molar-refractivity contribution in [1.29, 1.82) is 0 Å². The fraction of sp³-hybridized carbons (Fsp3) is 0.588. The summed E-state index contributed by atoms with van der Waals surface area (Å²) in [5, 5.41) is 0. The number of nitrogens with zero attached hydrogens (tertiary/aromatic N) is 1. The lowest BCUT2D eigenvalue weighted by Gasteiger charge is -2.36. The highest BCUT2D eigenvalue weighted by atomic mass is 16.6. The Morgan fingerprint density at radius 3 is 2.68 bits per heavy atom. The lowest BCUT2D eigenvalue weighted by Crippen LogP contribution is -2.49. The lowest BCUT2D eigenvalue weighted by atomic mass is 9.99. The Labute approximate surface area is 146 Å². The van der Waals surface area contributed by atoms with E-state index in [-0.39, 0.29) is 24.1 Å². The fourth-order valence-corrected chi connectivity index (χ4v) is 2.63. The van der Waals surface area contributed by atoms with Crippen LogP contribution in [0.25, 0.3) is 0 Å². The number of ether oxygens (including phenoxy) is 1. The molecule has 0 aliphatic carbocycles. The first kappa shape index (κ1) is 18.8. The third-order valence-electron chi connectivity index (χ3n) is 3.74. The normalized spacial score (nSPS) is 17.7. The first-order chi connectivity index (χ1) is 11.8. The van der Waals surface area contributed by atoms with Gasteiger partial charge in [0.15, 0.2) is 5.76 Å². The van der Waals surface area contributed by atoms with Gasteiger partial charge in [-0.25, -0.2) is 4.79 Å². The molecule has 1 aromatic heterocycles. The summed E-state index contributed by atoms with van der Waals surface area (Å²) in [7, 11) is 0. The number of carbonyl (C=O) groups excluding carboxylic acids is 3. The van der Waals surface area contributed by atoms with Gasteiger partial charge < -0.3 is 14.1 Å². The summed E-state index contributed by atoms with van der Waals surface area (Å²) in [6.45, 7) is 5.98. The Morgan fingerprint density at radius 1 is 1.28 bits per heavy atom. The zero-order valence-corrected chi connectivity index (χ0v) is 14.8. The van der Waals surface area contributed by atoms with E-state index in [2.05, 4.69) is 10.9 Å². The predicted octanol–water partition coefficient (Wildman–Crippen LogP) is 2.22. The Bertz CT molecular complexity index is 606. The zero-order valence-electron chi connectivity index (χ0n) is 14.8. The van der Waals surface area contributed by atoms with Crippen molar-refractivity contribution in [3.05, 3.63) is 24.2 Å². The molecule has 0 saturated carbocycles. The summed E-state index contributed by atoms with van der Waals surface area (Å²) in [5.74, 6) is -0.806. The smallest absolute Gasteiger partial charge is 0.410 e. The highest BCUT2D eigenvalue weighted by Crippen LogP contribution is 2.22. The van der Waals surface area contributed by atoms with Gasteiger partial charge in [0.2, 0.25) is 5.91 Å². The number of likely N-dealkylation sites (tertiary alicyclic amines) is 1. The summed E-state index contributed by atoms with van der Waals surface area (Å²) < 4.78 is 10.3. The molecule has 1 aliphatic rings. The lowest BCUT2D eigenvalue weighted by molar-refractivity contribution is -0.123. The van der Waals surface area contributed by atoms with Crippen molar-refractivity contribution in [3.63, 3.8) is 0 Å². The van der Waals surface area contributed by atoms with E-state index in [9.17, 15) is 14.4 Å². The number of hydrazine groups is 1. The number of piperidine rings is 1. The van der Waals surface area contributed by atoms with Gasteiger partial charge in [0.05, 0.1) is 6.26 Å². The van der Waals surface area contributed by atoms with Gasteiger partial charge >= 0.3 is 12.0 Å². The average Bonchev–Trinajstić information content (AvgIpc) is 3.06. The summed E-state index contributed by atoms with van der Waals surface area (Å²) in [4.78, 5) is 37.7. The van der Waals surface area contributed by atoms with Crippen molar-refractivity contribution in [2.45, 2.75) is 58.1 Å². The van der Waals surface area contributed by atoms with Gasteiger partial charge in [0.1, 0.15) is 5.60 Å². The summed E-state index contributed by atoms with van der Waals surface area (Å²) in [6.07, 6.45) is 3.60. The minimum atomic E-state index is -0.585. The summed E-state index contributed by atoms with van der Waals surface area (Å²) >= 11 is 0. The molecule has 1 fully saturated rings. The maximum Gasteiger partial charge on any atom is 0.410 e. The highest BCUT2D eigenvalue weighted by Gasteiger charge is 2.31. The summed E-state index contributed by atoms with van der Waals surface area (Å²) in [5.41, 5.74) is 4.05. The third-order valence-corrected chi connectivity index (χ3v) is 3.74. The molecule has 1 aromatic rings. The second-order valence-electron chi connectivity index (χ2n) is 7.01. The first-order valence-corrected chi connectivity index (χ1v) is 8.38. The highest BCUT2D eigenvalue weighted by molar-refractivity contribution is 5.92. The average molecular weight is 351 g/mol. The van der Waals surface area contributed by atoms with E-state index >= 15 is 0 Å². The molecule has 2 rings (SSSR count). The molecule has 1 saturated heterocycles. The largest absolute Gasteiger partial charge is 0.459 e. The van der Waals surface area contributed by atoms with Gasteiger partial charge in [-0.2, -0.15) is 0 Å². The van der Waals surface area contributed by atoms with E-state index < -0.39 is 17.6 Å². The number of rotatable bonds is 3. The topological polar surface area (TPSA) is 101 Å². The number of furan rings is 1. The van der Waals surface area contributed by atoms with Crippen LogP contribution in [0.3, 0.4) is 0 Å². The second-order valence-corrected chi connectivity index (χ2v) is 7.01. The number of hydrogen-bond donors (Lipinski definition) is 2. The molecule has 25 heavy (non-hydrogen) atoms. The van der Waals surface area contributed by atoms with Crippen molar-refractivity contribution >= 4 is 17.9 Å². The minimum absolute atomic E-state index is 0.0949. The van der Waals surface area contributed by atoms with Crippen LogP contribution < -0.4 is 10.9 Å². The molecular weight excluding hydrogens is 326 g/mol. The Balaban J connectivity index is 1.86. The van der Waals surface area contributed by atoms with Crippen LogP contribution in [-0.4, -0.2) is 41.0 Å². The molecule has 138 valence electrons. The Kier molecular flexibility index (Phi) is 6.06. The molecule has 8 nitrogen and oxygen atoms in total. The number of nitrogens with one attached hydrogen (secondary N) is 2. The van der Waals surface area contributed by atoms with Crippen LogP contribution in [0.2, 0.25) is 0 Å². The molecule has 0 aromatic carbocycles. The van der Waals surface area contributed by atoms with Crippen LogP contribution in [0.1, 0.15) is 57.0 Å². The van der Waals surface area contributed by atoms with Crippen LogP contribution in [0.5, 0.6) is 0 Å². The van der Waals surface area contributed by atoms with Gasteiger partial charge in [0.25, 0.3) is 0 Å². The van der Waals surface area contributed by atoms with Crippen LogP contribution in [-0.2, 0) is 9.53 Å². The fourth-order valence-electron chi connectivity index (χ4n) is 2.63. The molecule has 3 amide bonds. The van der Waals surface area contributed by atoms with E-state index in [1.165, 1.54) is 12.3 Å². The first-order valence-electron chi connectivity index (χ1n) is 8.38. The number of amides is 3. The Morgan fingerprint density at radius 2 is 2.04 bits per heavy atom. The maximum absolute atomic E-state index is 12.3. The quantitative estimate of drug-likeness (QED) is 0.813. The molecule has 2 N–H and O–H groups in total. The molecule has 1 aliphatic heterocycles. The standard InChI is InChI=1S/C17H25N3O5/c1-17(2,3)25-16(23)20-9-5-4-7-12(20)11-14(21)18-19-15(22)13-8-6-10-24-13/h6,8,10,12H,4-5,7,9,11H2,1-3H3,(H,18,21)(H,19,22). The molecule has 0 bridgehead atoms. The number of hydrogen-bond acceptors (Lipinski definition) is 5. The van der Waals surface area contributed by atoms with Crippen molar-refractivity contribution in [2.75, 3.05) is 6.54 Å². The molecule has 1 atom stereocenters. The van der Waals surface area contributed by atoms with Crippen molar-refractivity contribution in [3.8, 4) is 0 Å². The van der Waals surface area contributed by atoms with Gasteiger partial charge in [-0.3, -0.25) is 20.4 Å². The Hall–Kier alpha value is -2.51. The molecule has 0 spiro atoms. The van der Waals surface area contributed by atoms with E-state index in [0.29, 0.717) is 6.54 Å². The van der Waals surface area contributed by atoms with Gasteiger partial charge in [-0.1, -0.05) is 0 Å².